The maximum Gasteiger partial charge on any atom is 0.227 e. The second kappa shape index (κ2) is 9.79. The molecule has 0 aliphatic carbocycles. The fraction of sp³-hybridized carbons (Fsp3) is 0.519. The SMILES string of the molecule is CCc1[nH]c2ccc(F)cc2c1C1CCN(c2nc3c(c(N[C@H]4CCC(=O)N(C)C4)n2)[S+]([O-])CC3)CC1. The predicted octanol–water partition coefficient (Wildman–Crippen LogP) is 3.74. The zero-order chi connectivity index (χ0) is 25.7. The third-order valence-corrected chi connectivity index (χ3v) is 9.52. The van der Waals surface area contributed by atoms with Gasteiger partial charge in [0.1, 0.15) is 17.3 Å². The van der Waals surface area contributed by atoms with Gasteiger partial charge in [0.15, 0.2) is 5.82 Å². The number of aromatic nitrogens is 3. The Bertz CT molecular complexity index is 1340. The van der Waals surface area contributed by atoms with Crippen molar-refractivity contribution < 1.29 is 13.7 Å². The maximum absolute atomic E-state index is 14.1. The topological polar surface area (TPSA) is 100 Å². The third kappa shape index (κ3) is 4.54. The van der Waals surface area contributed by atoms with E-state index >= 15 is 0 Å². The average Bonchev–Trinajstić information content (AvgIpc) is 3.46. The first-order chi connectivity index (χ1) is 17.9. The Morgan fingerprint density at radius 3 is 2.78 bits per heavy atom. The van der Waals surface area contributed by atoms with Gasteiger partial charge >= 0.3 is 0 Å². The Labute approximate surface area is 219 Å². The van der Waals surface area contributed by atoms with Crippen LogP contribution in [0.2, 0.25) is 0 Å². The highest BCUT2D eigenvalue weighted by molar-refractivity contribution is 7.91. The Morgan fingerprint density at radius 2 is 2.03 bits per heavy atom. The lowest BCUT2D eigenvalue weighted by Gasteiger charge is -2.33. The molecule has 0 spiro atoms. The molecule has 2 fully saturated rings. The first-order valence-corrected chi connectivity index (χ1v) is 14.6. The van der Waals surface area contributed by atoms with Crippen LogP contribution in [0.15, 0.2) is 23.1 Å². The molecule has 6 rings (SSSR count). The number of carbonyl (C=O) groups excluding carboxylic acids is 1. The van der Waals surface area contributed by atoms with Crippen LogP contribution in [0.4, 0.5) is 16.2 Å². The van der Waals surface area contributed by atoms with Crippen molar-refractivity contribution in [2.45, 2.75) is 62.3 Å². The summed E-state index contributed by atoms with van der Waals surface area (Å²) in [5, 5.41) is 4.50. The van der Waals surface area contributed by atoms with E-state index in [9.17, 15) is 13.7 Å². The molecular weight excluding hydrogens is 491 g/mol. The van der Waals surface area contributed by atoms with Gasteiger partial charge in [-0.2, -0.15) is 4.98 Å². The fourth-order valence-electron chi connectivity index (χ4n) is 6.10. The van der Waals surface area contributed by atoms with Crippen LogP contribution >= 0.6 is 0 Å². The van der Waals surface area contributed by atoms with Crippen LogP contribution in [0.3, 0.4) is 0 Å². The molecular formula is C27H33FN6O2S. The van der Waals surface area contributed by atoms with Crippen LogP contribution in [0, 0.1) is 5.82 Å². The number of carbonyl (C=O) groups is 1. The number of likely N-dealkylation sites (tertiary alicyclic amines) is 1. The molecule has 2 atom stereocenters. The smallest absolute Gasteiger partial charge is 0.227 e. The molecule has 0 saturated carbocycles. The number of rotatable bonds is 5. The number of aryl methyl sites for hydroxylation is 2. The van der Waals surface area contributed by atoms with E-state index in [1.54, 1.807) is 11.0 Å². The van der Waals surface area contributed by atoms with Crippen LogP contribution in [0.25, 0.3) is 10.9 Å². The Balaban J connectivity index is 1.23. The van der Waals surface area contributed by atoms with Crippen molar-refractivity contribution in [1.82, 2.24) is 19.9 Å². The van der Waals surface area contributed by atoms with Crippen molar-refractivity contribution in [1.29, 1.82) is 0 Å². The molecule has 3 aromatic rings. The fourth-order valence-corrected chi connectivity index (χ4v) is 7.41. The number of hydrogen-bond donors (Lipinski definition) is 2. The molecule has 1 amide bonds. The van der Waals surface area contributed by atoms with Gasteiger partial charge in [-0.1, -0.05) is 6.92 Å². The number of fused-ring (bicyclic) bond motifs is 2. The number of piperidine rings is 2. The van der Waals surface area contributed by atoms with E-state index in [0.29, 0.717) is 42.8 Å². The number of halogens is 1. The van der Waals surface area contributed by atoms with Crippen LogP contribution < -0.4 is 10.2 Å². The van der Waals surface area contributed by atoms with Crippen LogP contribution in [0.1, 0.15) is 55.5 Å². The lowest BCUT2D eigenvalue weighted by atomic mass is 9.87. The number of H-pyrrole nitrogens is 1. The lowest BCUT2D eigenvalue weighted by Crippen LogP contribution is -2.43. The molecule has 2 saturated heterocycles. The Hall–Kier alpha value is -2.85. The summed E-state index contributed by atoms with van der Waals surface area (Å²) in [6, 6.07) is 5.08. The second-order valence-corrected chi connectivity index (χ2v) is 11.9. The summed E-state index contributed by atoms with van der Waals surface area (Å²) in [4.78, 5) is 29.9. The Morgan fingerprint density at radius 1 is 1.22 bits per heavy atom. The van der Waals surface area contributed by atoms with E-state index in [1.165, 1.54) is 17.3 Å². The third-order valence-electron chi connectivity index (χ3n) is 8.07. The number of nitrogens with zero attached hydrogens (tertiary/aromatic N) is 4. The highest BCUT2D eigenvalue weighted by atomic mass is 32.2. The number of nitrogens with one attached hydrogen (secondary N) is 2. The zero-order valence-electron chi connectivity index (χ0n) is 21.3. The van der Waals surface area contributed by atoms with Gasteiger partial charge in [0.2, 0.25) is 16.8 Å². The summed E-state index contributed by atoms with van der Waals surface area (Å²) in [5.41, 5.74) is 4.31. The van der Waals surface area contributed by atoms with Crippen LogP contribution in [0.5, 0.6) is 0 Å². The molecule has 10 heteroatoms. The number of aromatic amines is 1. The first-order valence-electron chi connectivity index (χ1n) is 13.3. The molecule has 1 aromatic carbocycles. The maximum atomic E-state index is 14.1. The van der Waals surface area contributed by atoms with Crippen molar-refractivity contribution >= 4 is 39.8 Å². The molecule has 1 unspecified atom stereocenters. The minimum absolute atomic E-state index is 0.0765. The summed E-state index contributed by atoms with van der Waals surface area (Å²) < 4.78 is 26.9. The summed E-state index contributed by atoms with van der Waals surface area (Å²) in [7, 11) is 1.82. The van der Waals surface area contributed by atoms with E-state index in [1.807, 2.05) is 13.1 Å². The molecule has 37 heavy (non-hydrogen) atoms. The van der Waals surface area contributed by atoms with E-state index in [0.717, 1.165) is 60.3 Å². The largest absolute Gasteiger partial charge is 0.611 e. The number of amides is 1. The van der Waals surface area contributed by atoms with Gasteiger partial charge in [-0.05, 0) is 66.5 Å². The van der Waals surface area contributed by atoms with Gasteiger partial charge in [0.25, 0.3) is 0 Å². The van der Waals surface area contributed by atoms with Gasteiger partial charge in [-0.25, -0.2) is 9.37 Å². The molecule has 0 radical (unpaired) electrons. The molecule has 3 aliphatic rings. The summed E-state index contributed by atoms with van der Waals surface area (Å²) in [6.07, 6.45) is 4.67. The minimum atomic E-state index is -1.11. The molecule has 8 nitrogen and oxygen atoms in total. The average molecular weight is 525 g/mol. The van der Waals surface area contributed by atoms with Gasteiger partial charge < -0.3 is 24.7 Å². The highest BCUT2D eigenvalue weighted by Crippen LogP contribution is 2.38. The van der Waals surface area contributed by atoms with Gasteiger partial charge in [0, 0.05) is 62.2 Å². The molecule has 2 N–H and O–H groups in total. The molecule has 2 aromatic heterocycles. The van der Waals surface area contributed by atoms with E-state index in [-0.39, 0.29) is 17.8 Å². The Kier molecular flexibility index (Phi) is 6.48. The predicted molar refractivity (Wildman–Crippen MR) is 143 cm³/mol. The van der Waals surface area contributed by atoms with Gasteiger partial charge in [-0.15, -0.1) is 0 Å². The first kappa shape index (κ1) is 24.5. The highest BCUT2D eigenvalue weighted by Gasteiger charge is 2.35. The monoisotopic (exact) mass is 524 g/mol. The van der Waals surface area contributed by atoms with Crippen molar-refractivity contribution in [3.63, 3.8) is 0 Å². The molecule has 196 valence electrons. The summed E-state index contributed by atoms with van der Waals surface area (Å²) in [5.74, 6) is 2.21. The number of hydrogen-bond acceptors (Lipinski definition) is 6. The molecule has 0 bridgehead atoms. The zero-order valence-corrected chi connectivity index (χ0v) is 22.2. The molecule has 3 aliphatic heterocycles. The van der Waals surface area contributed by atoms with E-state index < -0.39 is 11.2 Å². The van der Waals surface area contributed by atoms with Crippen LogP contribution in [-0.4, -0.2) is 68.8 Å². The number of anilines is 2. The lowest BCUT2D eigenvalue weighted by molar-refractivity contribution is -0.132. The van der Waals surface area contributed by atoms with Crippen molar-refractivity contribution in [2.24, 2.45) is 0 Å². The number of benzene rings is 1. The second-order valence-electron chi connectivity index (χ2n) is 10.4. The normalized spacial score (nSPS) is 22.6. The standard InChI is InChI=1S/C27H33FN6O2S/c1-3-20-24(19-14-17(28)4-6-21(19)30-20)16-8-11-34(12-9-16)27-31-22-10-13-37(36)25(22)26(32-27)29-18-5-7-23(35)33(2)15-18/h4,6,14,16,18,30H,3,5,7-13,15H2,1-2H3,(H,29,31,32)/t18-,37?/m0/s1. The van der Waals surface area contributed by atoms with Crippen molar-refractivity contribution in [2.75, 3.05) is 42.7 Å². The summed E-state index contributed by atoms with van der Waals surface area (Å²) >= 11 is -1.11. The van der Waals surface area contributed by atoms with E-state index in [2.05, 4.69) is 22.1 Å². The van der Waals surface area contributed by atoms with Gasteiger partial charge in [-0.3, -0.25) is 4.79 Å². The van der Waals surface area contributed by atoms with Crippen molar-refractivity contribution in [3.05, 3.63) is 41.0 Å². The minimum Gasteiger partial charge on any atom is -0.611 e. The molecule has 5 heterocycles. The van der Waals surface area contributed by atoms with Crippen molar-refractivity contribution in [3.8, 4) is 0 Å². The quantitative estimate of drug-likeness (QED) is 0.494. The van der Waals surface area contributed by atoms with Crippen LogP contribution in [-0.2, 0) is 28.8 Å². The van der Waals surface area contributed by atoms with Gasteiger partial charge in [0.05, 0.1) is 0 Å². The number of likely N-dealkylation sites (N-methyl/N-ethyl adjacent to an activating group) is 1. The van der Waals surface area contributed by atoms with E-state index in [4.69, 9.17) is 9.97 Å². The summed E-state index contributed by atoms with van der Waals surface area (Å²) in [6.45, 7) is 4.35.